The molecule has 21 heavy (non-hydrogen) atoms. The third kappa shape index (κ3) is 4.35. The predicted octanol–water partition coefficient (Wildman–Crippen LogP) is 2.62. The molecule has 0 bridgehead atoms. The molecule has 5 nitrogen and oxygen atoms in total. The number of nitrogens with one attached hydrogen (secondary N) is 1. The lowest BCUT2D eigenvalue weighted by atomic mass is 10.1. The third-order valence-corrected chi connectivity index (χ3v) is 2.81. The fourth-order valence-corrected chi connectivity index (χ4v) is 1.67. The number of aryl methyl sites for hydroxylation is 1. The van der Waals surface area contributed by atoms with Crippen LogP contribution in [-0.4, -0.2) is 17.0 Å². The molecule has 1 amide bonds. The van der Waals surface area contributed by atoms with Gasteiger partial charge >= 0.3 is 5.97 Å². The number of carbonyl (C=O) groups is 2. The molecule has 1 aromatic heterocycles. The summed E-state index contributed by atoms with van der Waals surface area (Å²) < 4.78 is 5.03. The van der Waals surface area contributed by atoms with E-state index in [4.69, 9.17) is 9.52 Å². The van der Waals surface area contributed by atoms with Crippen molar-refractivity contribution in [3.63, 3.8) is 0 Å². The van der Waals surface area contributed by atoms with Crippen LogP contribution in [0, 0.1) is 6.92 Å². The van der Waals surface area contributed by atoms with E-state index in [2.05, 4.69) is 5.32 Å². The van der Waals surface area contributed by atoms with Crippen LogP contribution in [-0.2, 0) is 11.3 Å². The molecule has 0 aliphatic carbocycles. The summed E-state index contributed by atoms with van der Waals surface area (Å²) in [6, 6.07) is 10.6. The van der Waals surface area contributed by atoms with Gasteiger partial charge in [0, 0.05) is 6.08 Å². The van der Waals surface area contributed by atoms with Crippen molar-refractivity contribution in [1.29, 1.82) is 0 Å². The third-order valence-electron chi connectivity index (χ3n) is 2.81. The molecular formula is C16H15NO4. The Kier molecular flexibility index (Phi) is 4.56. The number of amides is 1. The molecule has 0 atom stereocenters. The van der Waals surface area contributed by atoms with Gasteiger partial charge in [-0.15, -0.1) is 0 Å². The van der Waals surface area contributed by atoms with Gasteiger partial charge in [-0.1, -0.05) is 29.8 Å². The minimum absolute atomic E-state index is 0.143. The summed E-state index contributed by atoms with van der Waals surface area (Å²) in [5.41, 5.74) is 2.09. The minimum atomic E-state index is -1.13. The molecule has 2 rings (SSSR count). The summed E-state index contributed by atoms with van der Waals surface area (Å²) in [4.78, 5) is 22.3. The van der Waals surface area contributed by atoms with Crippen LogP contribution in [0.1, 0.15) is 27.4 Å². The van der Waals surface area contributed by atoms with Gasteiger partial charge in [0.1, 0.15) is 5.76 Å². The normalized spacial score (nSPS) is 10.7. The number of hydrogen-bond acceptors (Lipinski definition) is 3. The number of hydrogen-bond donors (Lipinski definition) is 2. The number of rotatable bonds is 5. The summed E-state index contributed by atoms with van der Waals surface area (Å²) in [6.45, 7) is 2.14. The summed E-state index contributed by atoms with van der Waals surface area (Å²) in [6.07, 6.45) is 3.13. The van der Waals surface area contributed by atoms with Gasteiger partial charge < -0.3 is 14.8 Å². The number of aromatic carboxylic acids is 1. The van der Waals surface area contributed by atoms with Crippen molar-refractivity contribution in [3.8, 4) is 0 Å². The van der Waals surface area contributed by atoms with Crippen molar-refractivity contribution in [3.05, 3.63) is 65.1 Å². The first kappa shape index (κ1) is 14.6. The lowest BCUT2D eigenvalue weighted by molar-refractivity contribution is -0.116. The van der Waals surface area contributed by atoms with Gasteiger partial charge in [-0.3, -0.25) is 4.79 Å². The molecule has 1 aromatic carbocycles. The molecule has 0 fully saturated rings. The second-order valence-electron chi connectivity index (χ2n) is 4.53. The zero-order chi connectivity index (χ0) is 15.2. The summed E-state index contributed by atoms with van der Waals surface area (Å²) in [5, 5.41) is 11.3. The lowest BCUT2D eigenvalue weighted by Crippen LogP contribution is -2.19. The van der Waals surface area contributed by atoms with Gasteiger partial charge in [0.25, 0.3) is 0 Å². The maximum Gasteiger partial charge on any atom is 0.371 e. The second-order valence-corrected chi connectivity index (χ2v) is 4.53. The smallest absolute Gasteiger partial charge is 0.371 e. The van der Waals surface area contributed by atoms with Crippen molar-refractivity contribution in [1.82, 2.24) is 5.32 Å². The van der Waals surface area contributed by atoms with Crippen LogP contribution < -0.4 is 5.32 Å². The van der Waals surface area contributed by atoms with Gasteiger partial charge in [-0.2, -0.15) is 0 Å². The molecular weight excluding hydrogens is 270 g/mol. The molecule has 2 N–H and O–H groups in total. The first-order valence-corrected chi connectivity index (χ1v) is 6.39. The van der Waals surface area contributed by atoms with Crippen LogP contribution in [0.25, 0.3) is 6.08 Å². The van der Waals surface area contributed by atoms with Crippen molar-refractivity contribution in [2.45, 2.75) is 13.5 Å². The van der Waals surface area contributed by atoms with Crippen LogP contribution in [0.5, 0.6) is 0 Å². The van der Waals surface area contributed by atoms with E-state index in [1.807, 2.05) is 31.2 Å². The molecule has 0 saturated heterocycles. The Bertz CT molecular complexity index is 668. The Morgan fingerprint density at radius 2 is 1.90 bits per heavy atom. The minimum Gasteiger partial charge on any atom is -0.475 e. The molecule has 0 spiro atoms. The highest BCUT2D eigenvalue weighted by Crippen LogP contribution is 2.08. The van der Waals surface area contributed by atoms with Gasteiger partial charge in [-0.05, 0) is 30.7 Å². The molecule has 0 unspecified atom stereocenters. The van der Waals surface area contributed by atoms with Crippen LogP contribution in [0.3, 0.4) is 0 Å². The highest BCUT2D eigenvalue weighted by molar-refractivity contribution is 5.91. The van der Waals surface area contributed by atoms with E-state index in [9.17, 15) is 9.59 Å². The Morgan fingerprint density at radius 3 is 2.52 bits per heavy atom. The SMILES string of the molecule is Cc1ccc(/C=C/C(=O)NCc2ccc(C(=O)O)o2)cc1. The van der Waals surface area contributed by atoms with E-state index in [1.54, 1.807) is 6.08 Å². The quantitative estimate of drug-likeness (QED) is 0.828. The van der Waals surface area contributed by atoms with Gasteiger partial charge in [0.15, 0.2) is 0 Å². The number of carboxylic acids is 1. The highest BCUT2D eigenvalue weighted by atomic mass is 16.4. The van der Waals surface area contributed by atoms with E-state index in [0.717, 1.165) is 11.1 Å². The summed E-state index contributed by atoms with van der Waals surface area (Å²) >= 11 is 0. The van der Waals surface area contributed by atoms with E-state index < -0.39 is 5.97 Å². The summed E-state index contributed by atoms with van der Waals surface area (Å²) in [7, 11) is 0. The summed E-state index contributed by atoms with van der Waals surface area (Å²) in [5.74, 6) is -1.16. The zero-order valence-electron chi connectivity index (χ0n) is 11.5. The highest BCUT2D eigenvalue weighted by Gasteiger charge is 2.08. The fourth-order valence-electron chi connectivity index (χ4n) is 1.67. The largest absolute Gasteiger partial charge is 0.475 e. The maximum absolute atomic E-state index is 11.6. The molecule has 0 saturated carbocycles. The Morgan fingerprint density at radius 1 is 1.19 bits per heavy atom. The molecule has 0 radical (unpaired) electrons. The molecule has 2 aromatic rings. The Hall–Kier alpha value is -2.82. The van der Waals surface area contributed by atoms with Crippen LogP contribution >= 0.6 is 0 Å². The molecule has 0 aliphatic heterocycles. The fraction of sp³-hybridized carbons (Fsp3) is 0.125. The van der Waals surface area contributed by atoms with Crippen LogP contribution in [0.15, 0.2) is 46.9 Å². The first-order chi connectivity index (χ1) is 10.0. The maximum atomic E-state index is 11.6. The van der Waals surface area contributed by atoms with Crippen molar-refractivity contribution < 1.29 is 19.1 Å². The molecule has 1 heterocycles. The Labute approximate surface area is 121 Å². The molecule has 0 aliphatic rings. The number of carbonyl (C=O) groups excluding carboxylic acids is 1. The van der Waals surface area contributed by atoms with Crippen molar-refractivity contribution in [2.75, 3.05) is 0 Å². The number of benzene rings is 1. The number of carboxylic acid groups (broad SMARTS) is 1. The van der Waals surface area contributed by atoms with Gasteiger partial charge in [-0.25, -0.2) is 4.79 Å². The predicted molar refractivity (Wildman–Crippen MR) is 77.7 cm³/mol. The first-order valence-electron chi connectivity index (χ1n) is 6.39. The average Bonchev–Trinajstić information content (AvgIpc) is 2.93. The Balaban J connectivity index is 1.86. The van der Waals surface area contributed by atoms with E-state index in [1.165, 1.54) is 18.2 Å². The van der Waals surface area contributed by atoms with Crippen molar-refractivity contribution >= 4 is 18.0 Å². The molecule has 108 valence electrons. The van der Waals surface area contributed by atoms with E-state index in [-0.39, 0.29) is 18.2 Å². The second kappa shape index (κ2) is 6.56. The zero-order valence-corrected chi connectivity index (χ0v) is 11.5. The average molecular weight is 285 g/mol. The monoisotopic (exact) mass is 285 g/mol. The van der Waals surface area contributed by atoms with Crippen LogP contribution in [0.2, 0.25) is 0 Å². The van der Waals surface area contributed by atoms with E-state index >= 15 is 0 Å². The van der Waals surface area contributed by atoms with Crippen LogP contribution in [0.4, 0.5) is 0 Å². The number of furan rings is 1. The van der Waals surface area contributed by atoms with E-state index in [0.29, 0.717) is 5.76 Å². The lowest BCUT2D eigenvalue weighted by Gasteiger charge is -1.99. The van der Waals surface area contributed by atoms with Gasteiger partial charge in [0.2, 0.25) is 11.7 Å². The van der Waals surface area contributed by atoms with Gasteiger partial charge in [0.05, 0.1) is 6.54 Å². The standard InChI is InChI=1S/C16H15NO4/c1-11-2-4-12(5-3-11)6-9-15(18)17-10-13-7-8-14(21-13)16(19)20/h2-9H,10H2,1H3,(H,17,18)(H,19,20)/b9-6+. The topological polar surface area (TPSA) is 79.5 Å². The van der Waals surface area contributed by atoms with Crippen molar-refractivity contribution in [2.24, 2.45) is 0 Å². The molecule has 5 heteroatoms.